The Morgan fingerprint density at radius 1 is 1.00 bits per heavy atom. The zero-order chi connectivity index (χ0) is 14.9. The van der Waals surface area contributed by atoms with Gasteiger partial charge in [-0.05, 0) is 17.7 Å². The highest BCUT2D eigenvalue weighted by Crippen LogP contribution is 2.24. The van der Waals surface area contributed by atoms with E-state index < -0.39 is 0 Å². The van der Waals surface area contributed by atoms with Gasteiger partial charge in [0.2, 0.25) is 0 Å². The van der Waals surface area contributed by atoms with Crippen LogP contribution >= 0.6 is 11.6 Å². The third-order valence-corrected chi connectivity index (χ3v) is 3.79. The van der Waals surface area contributed by atoms with Crippen LogP contribution in [0, 0.1) is 0 Å². The molecular formula is C16H12ClN5. The number of halogens is 1. The predicted molar refractivity (Wildman–Crippen MR) is 87.1 cm³/mol. The number of hydrogen-bond donors (Lipinski definition) is 1. The summed E-state index contributed by atoms with van der Waals surface area (Å²) in [4.78, 5) is 0. The molecule has 0 spiro atoms. The monoisotopic (exact) mass is 309 g/mol. The number of nitrogens with one attached hydrogen (secondary N) is 1. The summed E-state index contributed by atoms with van der Waals surface area (Å²) in [7, 11) is 0. The van der Waals surface area contributed by atoms with Crippen molar-refractivity contribution in [2.45, 2.75) is 6.54 Å². The average Bonchev–Trinajstić information content (AvgIpc) is 3.03. The Labute approximate surface area is 131 Å². The van der Waals surface area contributed by atoms with E-state index in [-0.39, 0.29) is 0 Å². The van der Waals surface area contributed by atoms with Gasteiger partial charge in [-0.25, -0.2) is 0 Å². The minimum Gasteiger partial charge on any atom is -0.364 e. The maximum absolute atomic E-state index is 5.91. The fraction of sp³-hybridized carbons (Fsp3) is 0.0625. The Kier molecular flexibility index (Phi) is 3.12. The lowest BCUT2D eigenvalue weighted by atomic mass is 10.1. The third kappa shape index (κ3) is 2.25. The van der Waals surface area contributed by atoms with E-state index in [0.717, 1.165) is 32.8 Å². The normalized spacial score (nSPS) is 11.1. The second kappa shape index (κ2) is 5.27. The maximum Gasteiger partial charge on any atom is 0.185 e. The Hall–Kier alpha value is -2.66. The summed E-state index contributed by atoms with van der Waals surface area (Å²) in [5, 5.41) is 18.8. The molecule has 2 aromatic carbocycles. The van der Waals surface area contributed by atoms with E-state index in [2.05, 4.69) is 20.6 Å². The van der Waals surface area contributed by atoms with E-state index in [9.17, 15) is 0 Å². The first-order valence-electron chi connectivity index (χ1n) is 6.88. The number of anilines is 1. The zero-order valence-electron chi connectivity index (χ0n) is 11.6. The molecule has 2 aromatic heterocycles. The first-order valence-corrected chi connectivity index (χ1v) is 7.26. The van der Waals surface area contributed by atoms with Crippen molar-refractivity contribution in [3.63, 3.8) is 0 Å². The molecule has 108 valence electrons. The summed E-state index contributed by atoms with van der Waals surface area (Å²) in [6, 6.07) is 15.8. The molecule has 0 aliphatic heterocycles. The number of fused-ring (bicyclic) bond motifs is 3. The lowest BCUT2D eigenvalue weighted by Gasteiger charge is -2.09. The Morgan fingerprint density at radius 2 is 1.77 bits per heavy atom. The van der Waals surface area contributed by atoms with E-state index in [0.29, 0.717) is 6.54 Å². The smallest absolute Gasteiger partial charge is 0.185 e. The molecule has 0 amide bonds. The fourth-order valence-corrected chi connectivity index (χ4v) is 2.57. The van der Waals surface area contributed by atoms with Crippen molar-refractivity contribution in [2.24, 2.45) is 0 Å². The van der Waals surface area contributed by atoms with Crippen LogP contribution in [0.2, 0.25) is 5.02 Å². The summed E-state index contributed by atoms with van der Waals surface area (Å²) in [6.07, 6.45) is 1.61. The summed E-state index contributed by atoms with van der Waals surface area (Å²) < 4.78 is 1.69. The maximum atomic E-state index is 5.91. The largest absolute Gasteiger partial charge is 0.364 e. The average molecular weight is 310 g/mol. The number of rotatable bonds is 3. The molecule has 0 saturated carbocycles. The van der Waals surface area contributed by atoms with E-state index in [4.69, 9.17) is 11.6 Å². The minimum absolute atomic E-state index is 0.668. The molecule has 0 unspecified atom stereocenters. The van der Waals surface area contributed by atoms with Gasteiger partial charge >= 0.3 is 0 Å². The van der Waals surface area contributed by atoms with Crippen LogP contribution in [0.4, 0.5) is 5.82 Å². The van der Waals surface area contributed by atoms with Crippen LogP contribution in [0.1, 0.15) is 5.56 Å². The van der Waals surface area contributed by atoms with Gasteiger partial charge in [-0.2, -0.15) is 4.52 Å². The molecule has 22 heavy (non-hydrogen) atoms. The first-order chi connectivity index (χ1) is 10.8. The molecule has 2 heterocycles. The van der Waals surface area contributed by atoms with E-state index in [1.165, 1.54) is 0 Å². The molecule has 5 nitrogen and oxygen atoms in total. The summed E-state index contributed by atoms with van der Waals surface area (Å²) in [5.41, 5.74) is 1.90. The minimum atomic E-state index is 0.668. The Morgan fingerprint density at radius 3 is 2.59 bits per heavy atom. The Bertz CT molecular complexity index is 946. The van der Waals surface area contributed by atoms with Crippen LogP contribution in [0.25, 0.3) is 16.4 Å². The standard InChI is InChI=1S/C16H12ClN5/c17-12-7-5-11(6-8-12)9-18-15-13-3-1-2-4-14(13)16-20-19-10-22(16)21-15/h1-8,10H,9H2,(H,18,21). The van der Waals surface area contributed by atoms with Gasteiger partial charge in [0, 0.05) is 22.3 Å². The van der Waals surface area contributed by atoms with Crippen LogP contribution in [0.15, 0.2) is 54.9 Å². The summed E-state index contributed by atoms with van der Waals surface area (Å²) >= 11 is 5.91. The molecule has 4 aromatic rings. The molecule has 4 rings (SSSR count). The molecule has 1 N–H and O–H groups in total. The van der Waals surface area contributed by atoms with E-state index >= 15 is 0 Å². The van der Waals surface area contributed by atoms with Crippen molar-refractivity contribution in [1.82, 2.24) is 19.8 Å². The quantitative estimate of drug-likeness (QED) is 0.629. The summed E-state index contributed by atoms with van der Waals surface area (Å²) in [5.74, 6) is 0.804. The number of hydrogen-bond acceptors (Lipinski definition) is 4. The van der Waals surface area contributed by atoms with Gasteiger partial charge in [-0.15, -0.1) is 15.3 Å². The van der Waals surface area contributed by atoms with Crippen LogP contribution in [0.5, 0.6) is 0 Å². The van der Waals surface area contributed by atoms with Crippen LogP contribution in [-0.2, 0) is 6.54 Å². The highest BCUT2D eigenvalue weighted by atomic mass is 35.5. The molecule has 0 aliphatic carbocycles. The van der Waals surface area contributed by atoms with Crippen molar-refractivity contribution in [3.05, 3.63) is 65.4 Å². The van der Waals surface area contributed by atoms with Crippen LogP contribution < -0.4 is 5.32 Å². The molecular weight excluding hydrogens is 298 g/mol. The molecule has 0 atom stereocenters. The van der Waals surface area contributed by atoms with Crippen molar-refractivity contribution in [3.8, 4) is 0 Å². The molecule has 0 fully saturated rings. The first kappa shape index (κ1) is 13.0. The lowest BCUT2D eigenvalue weighted by Crippen LogP contribution is -2.05. The topological polar surface area (TPSA) is 55.1 Å². The van der Waals surface area contributed by atoms with Gasteiger partial charge in [0.25, 0.3) is 0 Å². The summed E-state index contributed by atoms with van der Waals surface area (Å²) in [6.45, 7) is 0.668. The van der Waals surface area contributed by atoms with Crippen molar-refractivity contribution in [2.75, 3.05) is 5.32 Å². The van der Waals surface area contributed by atoms with Gasteiger partial charge in [-0.1, -0.05) is 48.0 Å². The highest BCUT2D eigenvalue weighted by Gasteiger charge is 2.09. The van der Waals surface area contributed by atoms with E-state index in [1.807, 2.05) is 48.5 Å². The van der Waals surface area contributed by atoms with Gasteiger partial charge in [0.1, 0.15) is 6.33 Å². The highest BCUT2D eigenvalue weighted by molar-refractivity contribution is 6.30. The third-order valence-electron chi connectivity index (χ3n) is 3.53. The van der Waals surface area contributed by atoms with Crippen molar-refractivity contribution < 1.29 is 0 Å². The second-order valence-corrected chi connectivity index (χ2v) is 5.41. The van der Waals surface area contributed by atoms with E-state index in [1.54, 1.807) is 10.8 Å². The molecule has 0 saturated heterocycles. The van der Waals surface area contributed by atoms with Gasteiger partial charge < -0.3 is 5.32 Å². The van der Waals surface area contributed by atoms with Gasteiger partial charge in [0.15, 0.2) is 11.5 Å². The number of benzene rings is 2. The molecule has 0 bridgehead atoms. The van der Waals surface area contributed by atoms with Crippen LogP contribution in [0.3, 0.4) is 0 Å². The van der Waals surface area contributed by atoms with Crippen LogP contribution in [-0.4, -0.2) is 19.8 Å². The number of nitrogens with zero attached hydrogens (tertiary/aromatic N) is 4. The lowest BCUT2D eigenvalue weighted by molar-refractivity contribution is 0.927. The zero-order valence-corrected chi connectivity index (χ0v) is 12.3. The predicted octanol–water partition coefficient (Wildman–Crippen LogP) is 3.54. The molecule has 0 radical (unpaired) electrons. The Balaban J connectivity index is 1.74. The molecule has 0 aliphatic rings. The fourth-order valence-electron chi connectivity index (χ4n) is 2.45. The second-order valence-electron chi connectivity index (χ2n) is 4.97. The van der Waals surface area contributed by atoms with Crippen molar-refractivity contribution in [1.29, 1.82) is 0 Å². The SMILES string of the molecule is Clc1ccc(CNc2nn3cnnc3c3ccccc23)cc1. The number of aromatic nitrogens is 4. The van der Waals surface area contributed by atoms with Gasteiger partial charge in [0.05, 0.1) is 0 Å². The van der Waals surface area contributed by atoms with Crippen molar-refractivity contribution >= 4 is 33.8 Å². The molecule has 6 heteroatoms. The van der Waals surface area contributed by atoms with Gasteiger partial charge in [-0.3, -0.25) is 0 Å².